The highest BCUT2D eigenvalue weighted by molar-refractivity contribution is 7.15. The summed E-state index contributed by atoms with van der Waals surface area (Å²) in [6.07, 6.45) is 5.33. The number of aliphatic hydroxyl groups excluding tert-OH is 1. The minimum Gasteiger partial charge on any atom is -0.392 e. The number of nitriles is 1. The number of thiazole rings is 1. The molecule has 0 bridgehead atoms. The van der Waals surface area contributed by atoms with E-state index in [9.17, 15) is 14.7 Å². The second-order valence-electron chi connectivity index (χ2n) is 10.3. The van der Waals surface area contributed by atoms with Gasteiger partial charge >= 0.3 is 0 Å². The molecule has 8 nitrogen and oxygen atoms in total. The van der Waals surface area contributed by atoms with Gasteiger partial charge in [-0.25, -0.2) is 4.98 Å². The molecule has 4 rings (SSSR count). The molecule has 2 N–H and O–H groups in total. The lowest BCUT2D eigenvalue weighted by atomic mass is 9.53. The van der Waals surface area contributed by atoms with Crippen molar-refractivity contribution in [2.45, 2.75) is 58.5 Å². The van der Waals surface area contributed by atoms with Gasteiger partial charge in [0, 0.05) is 48.3 Å². The molecule has 2 heterocycles. The van der Waals surface area contributed by atoms with E-state index in [1.165, 1.54) is 11.3 Å². The minimum absolute atomic E-state index is 0.00278. The first-order valence-electron chi connectivity index (χ1n) is 12.2. The van der Waals surface area contributed by atoms with Gasteiger partial charge in [0.2, 0.25) is 5.91 Å². The summed E-state index contributed by atoms with van der Waals surface area (Å²) < 4.78 is 0. The first-order valence-corrected chi connectivity index (χ1v) is 13.0. The van der Waals surface area contributed by atoms with Crippen molar-refractivity contribution in [3.05, 3.63) is 40.7 Å². The Morgan fingerprint density at radius 2 is 2.11 bits per heavy atom. The molecule has 2 aliphatic rings. The van der Waals surface area contributed by atoms with Gasteiger partial charge in [0.25, 0.3) is 5.91 Å². The number of nitrogens with zero attached hydrogens (tertiary/aromatic N) is 4. The number of carbonyl (C=O) groups is 2. The van der Waals surface area contributed by atoms with E-state index in [-0.39, 0.29) is 40.9 Å². The molecular weight excluding hydrogens is 462 g/mol. The van der Waals surface area contributed by atoms with Gasteiger partial charge in [-0.05, 0) is 48.6 Å². The van der Waals surface area contributed by atoms with Crippen LogP contribution in [0.25, 0.3) is 0 Å². The topological polar surface area (TPSA) is 119 Å². The Balaban J connectivity index is 1.52. The van der Waals surface area contributed by atoms with Gasteiger partial charge in [-0.15, -0.1) is 11.3 Å². The number of amides is 2. The molecule has 0 unspecified atom stereocenters. The molecule has 0 spiro atoms. The molecule has 9 heteroatoms. The quantitative estimate of drug-likeness (QED) is 0.628. The lowest BCUT2D eigenvalue weighted by Gasteiger charge is -2.53. The van der Waals surface area contributed by atoms with Crippen molar-refractivity contribution in [3.8, 4) is 6.07 Å². The molecule has 0 aromatic carbocycles. The standard InChI is InChI=1S/C26H33N5O3S/c1-15(24(34)31(4)13-5-10-27)18-6-9-26(3)14-19-21(16(2)20(26)22(18)32)29-25(35-19)30-23(33)17-7-11-28-12-8-17/h7-8,11-12,15-16,18,20,22,32H,5-6,9,13-14H2,1-4H3,(H,29,30,33)/t15-,16-,18-,20+,22-,26-/m0/s1. The summed E-state index contributed by atoms with van der Waals surface area (Å²) in [5.41, 5.74) is 1.36. The molecule has 0 saturated heterocycles. The van der Waals surface area contributed by atoms with E-state index in [0.717, 1.165) is 29.8 Å². The number of aliphatic hydroxyl groups is 1. The van der Waals surface area contributed by atoms with Crippen LogP contribution >= 0.6 is 11.3 Å². The third kappa shape index (κ3) is 4.82. The van der Waals surface area contributed by atoms with Crippen LogP contribution in [0.1, 0.15) is 66.9 Å². The van der Waals surface area contributed by atoms with Crippen LogP contribution in [0.3, 0.4) is 0 Å². The van der Waals surface area contributed by atoms with E-state index in [1.54, 1.807) is 36.5 Å². The Labute approximate surface area is 210 Å². The van der Waals surface area contributed by atoms with Gasteiger partial charge < -0.3 is 10.0 Å². The largest absolute Gasteiger partial charge is 0.392 e. The predicted octanol–water partition coefficient (Wildman–Crippen LogP) is 3.85. The fourth-order valence-corrected chi connectivity index (χ4v) is 7.39. The van der Waals surface area contributed by atoms with Gasteiger partial charge in [-0.1, -0.05) is 20.8 Å². The summed E-state index contributed by atoms with van der Waals surface area (Å²) in [6.45, 7) is 6.63. The normalized spacial score (nSPS) is 28.2. The highest BCUT2D eigenvalue weighted by atomic mass is 32.1. The van der Waals surface area contributed by atoms with Crippen molar-refractivity contribution in [2.24, 2.45) is 23.2 Å². The van der Waals surface area contributed by atoms with E-state index in [1.807, 2.05) is 6.92 Å². The van der Waals surface area contributed by atoms with Crippen LogP contribution in [0.5, 0.6) is 0 Å². The van der Waals surface area contributed by atoms with Gasteiger partial charge in [-0.2, -0.15) is 5.26 Å². The first-order chi connectivity index (χ1) is 16.7. The maximum Gasteiger partial charge on any atom is 0.257 e. The third-order valence-corrected chi connectivity index (χ3v) is 9.04. The van der Waals surface area contributed by atoms with E-state index >= 15 is 0 Å². The van der Waals surface area contributed by atoms with E-state index in [2.05, 4.69) is 30.2 Å². The third-order valence-electron chi connectivity index (χ3n) is 8.05. The molecule has 0 radical (unpaired) electrons. The second kappa shape index (κ2) is 10.0. The molecular formula is C26H33N5O3S. The number of carbonyl (C=O) groups excluding carboxylic acids is 2. The van der Waals surface area contributed by atoms with Crippen molar-refractivity contribution < 1.29 is 14.7 Å². The van der Waals surface area contributed by atoms with Crippen LogP contribution in [-0.4, -0.2) is 51.5 Å². The van der Waals surface area contributed by atoms with Gasteiger partial charge in [0.15, 0.2) is 5.13 Å². The van der Waals surface area contributed by atoms with Crippen LogP contribution in [-0.2, 0) is 11.2 Å². The van der Waals surface area contributed by atoms with E-state index in [0.29, 0.717) is 23.7 Å². The summed E-state index contributed by atoms with van der Waals surface area (Å²) >= 11 is 1.51. The maximum absolute atomic E-state index is 13.0. The zero-order valence-electron chi connectivity index (χ0n) is 20.7. The zero-order valence-corrected chi connectivity index (χ0v) is 21.5. The second-order valence-corrected chi connectivity index (χ2v) is 11.4. The minimum atomic E-state index is -0.628. The average Bonchev–Trinajstić information content (AvgIpc) is 3.24. The Kier molecular flexibility index (Phi) is 7.25. The molecule has 2 aromatic heterocycles. The lowest BCUT2D eigenvalue weighted by molar-refractivity contribution is -0.143. The molecule has 0 aliphatic heterocycles. The highest BCUT2D eigenvalue weighted by Gasteiger charge is 2.54. The summed E-state index contributed by atoms with van der Waals surface area (Å²) in [5.74, 6) is -0.729. The van der Waals surface area contributed by atoms with E-state index in [4.69, 9.17) is 10.2 Å². The van der Waals surface area contributed by atoms with Crippen LogP contribution < -0.4 is 5.32 Å². The van der Waals surface area contributed by atoms with Crippen LogP contribution in [0.2, 0.25) is 0 Å². The fraction of sp³-hybridized carbons (Fsp3) is 0.577. The molecule has 2 aromatic rings. The monoisotopic (exact) mass is 495 g/mol. The van der Waals surface area contributed by atoms with Crippen molar-refractivity contribution in [2.75, 3.05) is 18.9 Å². The number of rotatable bonds is 6. The number of aromatic nitrogens is 2. The van der Waals surface area contributed by atoms with Crippen molar-refractivity contribution >= 4 is 28.3 Å². The van der Waals surface area contributed by atoms with Crippen molar-refractivity contribution in [1.82, 2.24) is 14.9 Å². The lowest BCUT2D eigenvalue weighted by Crippen LogP contribution is -2.53. The Hall–Kier alpha value is -2.83. The highest BCUT2D eigenvalue weighted by Crippen LogP contribution is 2.57. The first kappa shape index (κ1) is 25.3. The molecule has 2 amide bonds. The Bertz CT molecular complexity index is 1130. The smallest absolute Gasteiger partial charge is 0.257 e. The number of pyridine rings is 1. The van der Waals surface area contributed by atoms with Gasteiger partial charge in [0.05, 0.1) is 24.3 Å². The summed E-state index contributed by atoms with van der Waals surface area (Å²) in [7, 11) is 1.72. The number of fused-ring (bicyclic) bond motifs is 2. The zero-order chi connectivity index (χ0) is 25.3. The molecule has 6 atom stereocenters. The molecule has 35 heavy (non-hydrogen) atoms. The molecule has 186 valence electrons. The summed E-state index contributed by atoms with van der Waals surface area (Å²) in [5, 5.41) is 23.9. The van der Waals surface area contributed by atoms with E-state index < -0.39 is 6.10 Å². The van der Waals surface area contributed by atoms with Crippen molar-refractivity contribution in [1.29, 1.82) is 5.26 Å². The number of hydrogen-bond donors (Lipinski definition) is 2. The number of anilines is 1. The molecule has 2 aliphatic carbocycles. The van der Waals surface area contributed by atoms with Crippen LogP contribution in [0, 0.1) is 34.5 Å². The summed E-state index contributed by atoms with van der Waals surface area (Å²) in [4.78, 5) is 37.1. The predicted molar refractivity (Wildman–Crippen MR) is 134 cm³/mol. The average molecular weight is 496 g/mol. The van der Waals surface area contributed by atoms with Gasteiger partial charge in [-0.3, -0.25) is 19.9 Å². The van der Waals surface area contributed by atoms with Crippen LogP contribution in [0.15, 0.2) is 24.5 Å². The SMILES string of the molecule is C[C@H](C(=O)N(C)CCC#N)[C@@H]1CC[C@@]2(C)Cc3sc(NC(=O)c4ccncc4)nc3[C@@H](C)[C@@H]2[C@H]1O. The molecule has 1 saturated carbocycles. The molecule has 1 fully saturated rings. The Morgan fingerprint density at radius 3 is 2.80 bits per heavy atom. The van der Waals surface area contributed by atoms with Crippen LogP contribution in [0.4, 0.5) is 5.13 Å². The number of hydrogen-bond acceptors (Lipinski definition) is 7. The maximum atomic E-state index is 13.0. The number of nitrogens with one attached hydrogen (secondary N) is 1. The summed E-state index contributed by atoms with van der Waals surface area (Å²) in [6, 6.07) is 5.41. The van der Waals surface area contributed by atoms with Crippen molar-refractivity contribution in [3.63, 3.8) is 0 Å². The fourth-order valence-electron chi connectivity index (χ4n) is 6.13. The Morgan fingerprint density at radius 1 is 1.40 bits per heavy atom. The van der Waals surface area contributed by atoms with Gasteiger partial charge in [0.1, 0.15) is 0 Å².